The Labute approximate surface area is 124 Å². The highest BCUT2D eigenvalue weighted by Crippen LogP contribution is 2.21. The maximum atomic E-state index is 12.3. The summed E-state index contributed by atoms with van der Waals surface area (Å²) >= 11 is 6.06. The van der Waals surface area contributed by atoms with Gasteiger partial charge in [0, 0.05) is 20.1 Å². The number of nitrogens with zero attached hydrogens (tertiary/aromatic N) is 2. The van der Waals surface area contributed by atoms with Crippen LogP contribution in [-0.2, 0) is 16.0 Å². The molecule has 1 atom stereocenters. The molecule has 2 heterocycles. The van der Waals surface area contributed by atoms with Gasteiger partial charge in [0.2, 0.25) is 0 Å². The molecule has 1 aliphatic heterocycles. The minimum absolute atomic E-state index is 0.0257. The Morgan fingerprint density at radius 2 is 2.45 bits per heavy atom. The first kappa shape index (κ1) is 15.5. The molecular weight excluding hydrogens is 280 g/mol. The van der Waals surface area contributed by atoms with Crippen molar-refractivity contribution in [3.8, 4) is 0 Å². The van der Waals surface area contributed by atoms with Crippen molar-refractivity contribution in [1.82, 2.24) is 9.78 Å². The molecule has 0 bridgehead atoms. The van der Waals surface area contributed by atoms with Gasteiger partial charge in [-0.3, -0.25) is 9.48 Å². The smallest absolute Gasteiger partial charge is 0.182 e. The van der Waals surface area contributed by atoms with Gasteiger partial charge in [-0.1, -0.05) is 11.6 Å². The van der Waals surface area contributed by atoms with Crippen molar-refractivity contribution in [2.75, 3.05) is 20.3 Å². The molecule has 0 amide bonds. The molecule has 0 spiro atoms. The zero-order valence-electron chi connectivity index (χ0n) is 11.8. The Morgan fingerprint density at radius 3 is 3.15 bits per heavy atom. The molecule has 6 heteroatoms. The summed E-state index contributed by atoms with van der Waals surface area (Å²) in [6.07, 6.45) is 6.28. The van der Waals surface area contributed by atoms with Crippen LogP contribution in [0.4, 0.5) is 0 Å². The zero-order valence-corrected chi connectivity index (χ0v) is 12.6. The molecule has 1 fully saturated rings. The molecule has 112 valence electrons. The Hall–Kier alpha value is -0.910. The third-order valence-electron chi connectivity index (χ3n) is 3.53. The number of halogens is 1. The van der Waals surface area contributed by atoms with E-state index in [0.717, 1.165) is 25.9 Å². The lowest BCUT2D eigenvalue weighted by molar-refractivity contribution is 0.0104. The first-order valence-electron chi connectivity index (χ1n) is 7.07. The van der Waals surface area contributed by atoms with Crippen LogP contribution in [0.15, 0.2) is 6.20 Å². The molecule has 0 N–H and O–H groups in total. The van der Waals surface area contributed by atoms with Gasteiger partial charge < -0.3 is 9.47 Å². The molecule has 1 aliphatic rings. The van der Waals surface area contributed by atoms with E-state index in [4.69, 9.17) is 21.1 Å². The Kier molecular flexibility index (Phi) is 6.01. The van der Waals surface area contributed by atoms with Gasteiger partial charge in [-0.15, -0.1) is 0 Å². The summed E-state index contributed by atoms with van der Waals surface area (Å²) in [5, 5.41) is 4.53. The molecule has 1 saturated heterocycles. The molecule has 1 unspecified atom stereocenters. The lowest BCUT2D eigenvalue weighted by Crippen LogP contribution is -2.21. The number of methoxy groups -OCH3 is 1. The minimum atomic E-state index is 0.0257. The third kappa shape index (κ3) is 4.04. The monoisotopic (exact) mass is 300 g/mol. The highest BCUT2D eigenvalue weighted by Gasteiger charge is 2.20. The van der Waals surface area contributed by atoms with E-state index < -0.39 is 0 Å². The van der Waals surface area contributed by atoms with Gasteiger partial charge in [-0.2, -0.15) is 5.10 Å². The standard InChI is InChI=1S/C14H21ClN2O3/c1-19-9-7-17-14(12(15)10-16-17)13(18)6-5-11-4-2-3-8-20-11/h10-11H,2-9H2,1H3. The SMILES string of the molecule is COCCn1ncc(Cl)c1C(=O)CCC1CCCCO1. The van der Waals surface area contributed by atoms with Gasteiger partial charge in [0.15, 0.2) is 5.78 Å². The first-order valence-corrected chi connectivity index (χ1v) is 7.45. The Morgan fingerprint density at radius 1 is 1.60 bits per heavy atom. The number of carbonyl (C=O) groups excluding carboxylic acids is 1. The fraction of sp³-hybridized carbons (Fsp3) is 0.714. The van der Waals surface area contributed by atoms with Gasteiger partial charge in [-0.25, -0.2) is 0 Å². The lowest BCUT2D eigenvalue weighted by Gasteiger charge is -2.22. The van der Waals surface area contributed by atoms with Crippen LogP contribution < -0.4 is 0 Å². The van der Waals surface area contributed by atoms with Crippen LogP contribution in [0.25, 0.3) is 0 Å². The number of ether oxygens (including phenoxy) is 2. The van der Waals surface area contributed by atoms with Crippen LogP contribution in [0.2, 0.25) is 5.02 Å². The number of aromatic nitrogens is 2. The maximum Gasteiger partial charge on any atom is 0.182 e. The molecule has 0 radical (unpaired) electrons. The van der Waals surface area contributed by atoms with Crippen molar-refractivity contribution in [3.05, 3.63) is 16.9 Å². The minimum Gasteiger partial charge on any atom is -0.383 e. The first-order chi connectivity index (χ1) is 9.72. The molecule has 2 rings (SSSR count). The van der Waals surface area contributed by atoms with Crippen LogP contribution in [0.3, 0.4) is 0 Å². The van der Waals surface area contributed by atoms with Crippen LogP contribution in [-0.4, -0.2) is 42.0 Å². The summed E-state index contributed by atoms with van der Waals surface area (Å²) in [4.78, 5) is 12.3. The van der Waals surface area contributed by atoms with Crippen molar-refractivity contribution < 1.29 is 14.3 Å². The Balaban J connectivity index is 1.92. The fourth-order valence-electron chi connectivity index (χ4n) is 2.43. The summed E-state index contributed by atoms with van der Waals surface area (Å²) < 4.78 is 12.3. The van der Waals surface area contributed by atoms with Gasteiger partial charge >= 0.3 is 0 Å². The number of Topliss-reactive ketones (excluding diaryl/α,β-unsaturated/α-hetero) is 1. The van der Waals surface area contributed by atoms with E-state index >= 15 is 0 Å². The predicted molar refractivity (Wildman–Crippen MR) is 76.3 cm³/mol. The average molecular weight is 301 g/mol. The van der Waals surface area contributed by atoms with Crippen LogP contribution in [0.5, 0.6) is 0 Å². The van der Waals surface area contributed by atoms with E-state index in [2.05, 4.69) is 5.10 Å². The number of hydrogen-bond acceptors (Lipinski definition) is 4. The van der Waals surface area contributed by atoms with Crippen molar-refractivity contribution in [3.63, 3.8) is 0 Å². The largest absolute Gasteiger partial charge is 0.383 e. The highest BCUT2D eigenvalue weighted by molar-refractivity contribution is 6.33. The van der Waals surface area contributed by atoms with E-state index in [1.807, 2.05) is 0 Å². The van der Waals surface area contributed by atoms with E-state index in [-0.39, 0.29) is 11.9 Å². The quantitative estimate of drug-likeness (QED) is 0.727. The summed E-state index contributed by atoms with van der Waals surface area (Å²) in [7, 11) is 1.62. The molecular formula is C14H21ClN2O3. The molecule has 1 aromatic rings. The zero-order chi connectivity index (χ0) is 14.4. The van der Waals surface area contributed by atoms with Gasteiger partial charge in [-0.05, 0) is 25.7 Å². The summed E-state index contributed by atoms with van der Waals surface area (Å²) in [6.45, 7) is 1.85. The highest BCUT2D eigenvalue weighted by atomic mass is 35.5. The predicted octanol–water partition coefficient (Wildman–Crippen LogP) is 2.71. The summed E-state index contributed by atoms with van der Waals surface area (Å²) in [5.74, 6) is 0.0257. The van der Waals surface area contributed by atoms with Crippen LogP contribution >= 0.6 is 11.6 Å². The van der Waals surface area contributed by atoms with E-state index in [1.54, 1.807) is 11.8 Å². The third-order valence-corrected chi connectivity index (χ3v) is 3.81. The van der Waals surface area contributed by atoms with Crippen molar-refractivity contribution in [2.45, 2.75) is 44.8 Å². The van der Waals surface area contributed by atoms with E-state index in [0.29, 0.717) is 30.3 Å². The van der Waals surface area contributed by atoms with E-state index in [1.165, 1.54) is 12.6 Å². The second-order valence-electron chi connectivity index (χ2n) is 5.01. The van der Waals surface area contributed by atoms with Gasteiger partial charge in [0.25, 0.3) is 0 Å². The molecule has 0 aliphatic carbocycles. The maximum absolute atomic E-state index is 12.3. The Bertz CT molecular complexity index is 442. The number of hydrogen-bond donors (Lipinski definition) is 0. The van der Waals surface area contributed by atoms with Crippen molar-refractivity contribution in [2.24, 2.45) is 0 Å². The molecule has 0 aromatic carbocycles. The van der Waals surface area contributed by atoms with Crippen molar-refractivity contribution in [1.29, 1.82) is 0 Å². The molecule has 20 heavy (non-hydrogen) atoms. The molecule has 1 aromatic heterocycles. The molecule has 0 saturated carbocycles. The van der Waals surface area contributed by atoms with Crippen LogP contribution in [0, 0.1) is 0 Å². The molecule has 5 nitrogen and oxygen atoms in total. The average Bonchev–Trinajstić information content (AvgIpc) is 2.84. The lowest BCUT2D eigenvalue weighted by atomic mass is 10.0. The van der Waals surface area contributed by atoms with Crippen LogP contribution in [0.1, 0.15) is 42.6 Å². The second-order valence-corrected chi connectivity index (χ2v) is 5.41. The number of ketones is 1. The van der Waals surface area contributed by atoms with E-state index in [9.17, 15) is 4.79 Å². The normalized spacial score (nSPS) is 19.2. The fourth-order valence-corrected chi connectivity index (χ4v) is 2.68. The van der Waals surface area contributed by atoms with Gasteiger partial charge in [0.1, 0.15) is 5.69 Å². The van der Waals surface area contributed by atoms with Gasteiger partial charge in [0.05, 0.1) is 30.5 Å². The second kappa shape index (κ2) is 7.76. The van der Waals surface area contributed by atoms with Crippen molar-refractivity contribution >= 4 is 17.4 Å². The summed E-state index contributed by atoms with van der Waals surface area (Å²) in [5.41, 5.74) is 0.486. The number of carbonyl (C=O) groups is 1. The topological polar surface area (TPSA) is 53.4 Å². The summed E-state index contributed by atoms with van der Waals surface area (Å²) in [6, 6.07) is 0. The number of rotatable bonds is 7.